The van der Waals surface area contributed by atoms with Crippen LogP contribution in [0.4, 0.5) is 5.00 Å². The molecule has 9 heteroatoms. The van der Waals surface area contributed by atoms with E-state index in [2.05, 4.69) is 24.3 Å². The number of aromatic nitrogens is 2. The van der Waals surface area contributed by atoms with Gasteiger partial charge in [0.25, 0.3) is 11.5 Å². The number of ether oxygens (including phenoxy) is 2. The van der Waals surface area contributed by atoms with E-state index in [1.54, 1.807) is 55.8 Å². The molecule has 0 bridgehead atoms. The molecule has 2 heterocycles. The number of esters is 1. The number of benzene rings is 2. The van der Waals surface area contributed by atoms with Gasteiger partial charge >= 0.3 is 5.97 Å². The molecule has 0 unspecified atom stereocenters. The first kappa shape index (κ1) is 24.2. The summed E-state index contributed by atoms with van der Waals surface area (Å²) in [5.41, 5.74) is 1.57. The fourth-order valence-electron chi connectivity index (χ4n) is 3.59. The van der Waals surface area contributed by atoms with Crippen LogP contribution in [0.15, 0.2) is 58.7 Å². The van der Waals surface area contributed by atoms with Crippen molar-refractivity contribution in [2.45, 2.75) is 26.7 Å². The molecular formula is C26H25N3O5S. The van der Waals surface area contributed by atoms with Gasteiger partial charge in [-0.15, -0.1) is 11.3 Å². The number of methoxy groups -OCH3 is 1. The number of nitrogens with zero attached hydrogens (tertiary/aromatic N) is 2. The van der Waals surface area contributed by atoms with Crippen LogP contribution in [0.2, 0.25) is 0 Å². The summed E-state index contributed by atoms with van der Waals surface area (Å²) in [6, 6.07) is 14.0. The van der Waals surface area contributed by atoms with Crippen molar-refractivity contribution in [3.8, 4) is 11.4 Å². The van der Waals surface area contributed by atoms with Crippen LogP contribution in [0.3, 0.4) is 0 Å². The summed E-state index contributed by atoms with van der Waals surface area (Å²) in [6.45, 7) is 6.01. The van der Waals surface area contributed by atoms with Crippen molar-refractivity contribution in [2.75, 3.05) is 19.0 Å². The van der Waals surface area contributed by atoms with Crippen molar-refractivity contribution in [1.82, 2.24) is 9.78 Å². The minimum atomic E-state index is -0.643. The average molecular weight is 492 g/mol. The van der Waals surface area contributed by atoms with Gasteiger partial charge in [0, 0.05) is 16.3 Å². The summed E-state index contributed by atoms with van der Waals surface area (Å²) < 4.78 is 11.5. The first-order chi connectivity index (χ1) is 16.8. The summed E-state index contributed by atoms with van der Waals surface area (Å²) in [7, 11) is 1.55. The third-order valence-electron chi connectivity index (χ3n) is 5.50. The van der Waals surface area contributed by atoms with E-state index >= 15 is 0 Å². The maximum Gasteiger partial charge on any atom is 0.359 e. The number of anilines is 1. The fourth-order valence-corrected chi connectivity index (χ4v) is 4.52. The molecular weight excluding hydrogens is 466 g/mol. The molecule has 0 atom stereocenters. The summed E-state index contributed by atoms with van der Waals surface area (Å²) in [4.78, 5) is 39.1. The van der Waals surface area contributed by atoms with Crippen LogP contribution in [0, 0.1) is 0 Å². The highest BCUT2D eigenvalue weighted by atomic mass is 32.1. The third-order valence-corrected chi connectivity index (χ3v) is 6.40. The monoisotopic (exact) mass is 491 g/mol. The molecule has 4 aromatic rings. The Kier molecular flexibility index (Phi) is 6.97. The summed E-state index contributed by atoms with van der Waals surface area (Å²) in [6.07, 6.45) is 0. The number of rotatable bonds is 7. The van der Waals surface area contributed by atoms with Crippen LogP contribution < -0.4 is 15.6 Å². The van der Waals surface area contributed by atoms with Gasteiger partial charge in [0.15, 0.2) is 5.69 Å². The highest BCUT2D eigenvalue weighted by Crippen LogP contribution is 2.31. The van der Waals surface area contributed by atoms with E-state index in [9.17, 15) is 14.4 Å². The second kappa shape index (κ2) is 10.1. The molecule has 0 saturated heterocycles. The minimum absolute atomic E-state index is 0.00980. The van der Waals surface area contributed by atoms with E-state index in [1.165, 1.54) is 4.68 Å². The molecule has 0 spiro atoms. The van der Waals surface area contributed by atoms with Gasteiger partial charge in [-0.1, -0.05) is 26.0 Å². The maximum atomic E-state index is 13.6. The molecule has 0 aliphatic carbocycles. The number of thiophene rings is 1. The number of hydrogen-bond acceptors (Lipinski definition) is 7. The molecule has 180 valence electrons. The van der Waals surface area contributed by atoms with Gasteiger partial charge in [0.1, 0.15) is 10.8 Å². The molecule has 0 aliphatic heterocycles. The second-order valence-electron chi connectivity index (χ2n) is 8.07. The van der Waals surface area contributed by atoms with E-state index < -0.39 is 17.4 Å². The predicted molar refractivity (Wildman–Crippen MR) is 136 cm³/mol. The lowest BCUT2D eigenvalue weighted by atomic mass is 10.0. The van der Waals surface area contributed by atoms with Crippen molar-refractivity contribution >= 4 is 39.0 Å². The van der Waals surface area contributed by atoms with Crippen LogP contribution in [0.1, 0.15) is 53.1 Å². The second-order valence-corrected chi connectivity index (χ2v) is 8.95. The number of carbonyl (C=O) groups excluding carboxylic acids is 2. The van der Waals surface area contributed by atoms with Crippen LogP contribution in [0.25, 0.3) is 16.5 Å². The molecule has 0 saturated carbocycles. The quantitative estimate of drug-likeness (QED) is 0.365. The Bertz CT molecular complexity index is 1440. The van der Waals surface area contributed by atoms with Gasteiger partial charge in [-0.05, 0) is 54.8 Å². The van der Waals surface area contributed by atoms with Crippen molar-refractivity contribution in [3.63, 3.8) is 0 Å². The van der Waals surface area contributed by atoms with Gasteiger partial charge in [0.05, 0.1) is 24.8 Å². The van der Waals surface area contributed by atoms with E-state index in [0.29, 0.717) is 33.3 Å². The van der Waals surface area contributed by atoms with Crippen molar-refractivity contribution in [2.24, 2.45) is 0 Å². The van der Waals surface area contributed by atoms with Gasteiger partial charge in [-0.3, -0.25) is 9.59 Å². The molecule has 2 aromatic carbocycles. The zero-order valence-corrected chi connectivity index (χ0v) is 20.6. The van der Waals surface area contributed by atoms with E-state index in [1.807, 2.05) is 12.1 Å². The molecule has 0 fully saturated rings. The molecule has 1 N–H and O–H groups in total. The van der Waals surface area contributed by atoms with E-state index in [0.717, 1.165) is 16.9 Å². The third kappa shape index (κ3) is 4.81. The van der Waals surface area contributed by atoms with Gasteiger partial charge in [-0.2, -0.15) is 9.78 Å². The Morgan fingerprint density at radius 1 is 1.09 bits per heavy atom. The first-order valence-corrected chi connectivity index (χ1v) is 12.0. The molecule has 8 nitrogen and oxygen atoms in total. The molecule has 1 amide bonds. The van der Waals surface area contributed by atoms with Crippen LogP contribution >= 0.6 is 11.3 Å². The lowest BCUT2D eigenvalue weighted by molar-refractivity contribution is 0.0520. The number of amides is 1. The van der Waals surface area contributed by atoms with E-state index in [-0.39, 0.29) is 17.7 Å². The lowest BCUT2D eigenvalue weighted by Crippen LogP contribution is -2.25. The zero-order chi connectivity index (χ0) is 25.1. The van der Waals surface area contributed by atoms with Crippen LogP contribution in [-0.2, 0) is 4.74 Å². The Morgan fingerprint density at radius 3 is 2.37 bits per heavy atom. The van der Waals surface area contributed by atoms with Crippen molar-refractivity contribution in [1.29, 1.82) is 0 Å². The van der Waals surface area contributed by atoms with Crippen molar-refractivity contribution in [3.05, 3.63) is 81.1 Å². The zero-order valence-electron chi connectivity index (χ0n) is 19.8. The van der Waals surface area contributed by atoms with Gasteiger partial charge in [0.2, 0.25) is 0 Å². The summed E-state index contributed by atoms with van der Waals surface area (Å²) in [5.74, 6) is -0.0865. The highest BCUT2D eigenvalue weighted by Gasteiger charge is 2.23. The van der Waals surface area contributed by atoms with Gasteiger partial charge < -0.3 is 14.8 Å². The average Bonchev–Trinajstić information content (AvgIpc) is 3.28. The summed E-state index contributed by atoms with van der Waals surface area (Å²) in [5, 5.41) is 9.63. The Balaban J connectivity index is 1.83. The predicted octanol–water partition coefficient (Wildman–Crippen LogP) is 5.01. The number of hydrogen-bond donors (Lipinski definition) is 1. The number of nitrogens with one attached hydrogen (secondary N) is 1. The van der Waals surface area contributed by atoms with Crippen molar-refractivity contribution < 1.29 is 19.1 Å². The Morgan fingerprint density at radius 2 is 1.77 bits per heavy atom. The highest BCUT2D eigenvalue weighted by molar-refractivity contribution is 7.16. The lowest BCUT2D eigenvalue weighted by Gasteiger charge is -2.11. The molecule has 35 heavy (non-hydrogen) atoms. The smallest absolute Gasteiger partial charge is 0.359 e. The number of fused-ring (bicyclic) bond motifs is 1. The largest absolute Gasteiger partial charge is 0.497 e. The number of carbonyl (C=O) groups is 2. The Labute approximate surface area is 206 Å². The standard InChI is InChI=1S/C26H25N3O5S/c1-5-34-26(32)22-20-14-35-24(27-23(30)17-8-12-19(33-4)13-9-17)21(20)25(31)29(28-22)18-10-6-16(7-11-18)15(2)3/h6-15H,5H2,1-4H3,(H,27,30). The summed E-state index contributed by atoms with van der Waals surface area (Å²) >= 11 is 1.15. The SMILES string of the molecule is CCOC(=O)c1nn(-c2ccc(C(C)C)cc2)c(=O)c2c(NC(=O)c3ccc(OC)cc3)scc12. The molecule has 0 radical (unpaired) electrons. The molecule has 2 aromatic heterocycles. The first-order valence-electron chi connectivity index (χ1n) is 11.1. The molecule has 0 aliphatic rings. The normalized spacial score (nSPS) is 11.0. The topological polar surface area (TPSA) is 99.5 Å². The minimum Gasteiger partial charge on any atom is -0.497 e. The molecule has 4 rings (SSSR count). The fraction of sp³-hybridized carbons (Fsp3) is 0.231. The van der Waals surface area contributed by atoms with Crippen LogP contribution in [0.5, 0.6) is 5.75 Å². The maximum absolute atomic E-state index is 13.6. The van der Waals surface area contributed by atoms with E-state index in [4.69, 9.17) is 9.47 Å². The van der Waals surface area contributed by atoms with Gasteiger partial charge in [-0.25, -0.2) is 4.79 Å². The van der Waals surface area contributed by atoms with Crippen LogP contribution in [-0.4, -0.2) is 35.4 Å². The Hall–Kier alpha value is -3.98.